The van der Waals surface area contributed by atoms with Gasteiger partial charge in [-0.25, -0.2) is 0 Å². The van der Waals surface area contributed by atoms with Crippen LogP contribution in [0.15, 0.2) is 22.7 Å². The van der Waals surface area contributed by atoms with Gasteiger partial charge >= 0.3 is 0 Å². The van der Waals surface area contributed by atoms with Gasteiger partial charge < -0.3 is 10.8 Å². The highest BCUT2D eigenvalue weighted by Gasteiger charge is 2.16. The van der Waals surface area contributed by atoms with Crippen molar-refractivity contribution in [2.24, 2.45) is 5.73 Å². The fourth-order valence-electron chi connectivity index (χ4n) is 1.20. The van der Waals surface area contributed by atoms with E-state index in [0.717, 1.165) is 0 Å². The van der Waals surface area contributed by atoms with Crippen molar-refractivity contribution in [1.82, 2.24) is 0 Å². The first-order chi connectivity index (χ1) is 7.06. The molecule has 6 heteroatoms. The summed E-state index contributed by atoms with van der Waals surface area (Å²) >= 11 is 3.15. The maximum Gasteiger partial charge on any atom is 0.283 e. The second kappa shape index (κ2) is 5.20. The van der Waals surface area contributed by atoms with Gasteiger partial charge in [0.25, 0.3) is 5.69 Å². The molecule has 0 radical (unpaired) electrons. The Hall–Kier alpha value is -0.980. The van der Waals surface area contributed by atoms with Crippen molar-refractivity contribution in [2.45, 2.75) is 12.5 Å². The number of hydrogen-bond acceptors (Lipinski definition) is 4. The number of benzene rings is 1. The molecule has 1 atom stereocenters. The van der Waals surface area contributed by atoms with Gasteiger partial charge in [0.15, 0.2) is 0 Å². The first-order valence-corrected chi connectivity index (χ1v) is 5.15. The molecule has 0 amide bonds. The van der Waals surface area contributed by atoms with Crippen LogP contribution in [0.2, 0.25) is 0 Å². The van der Waals surface area contributed by atoms with Gasteiger partial charge in [0.1, 0.15) is 0 Å². The van der Waals surface area contributed by atoms with E-state index < -0.39 is 11.0 Å². The van der Waals surface area contributed by atoms with E-state index in [4.69, 9.17) is 5.73 Å². The minimum atomic E-state index is -0.677. The molecule has 0 aliphatic heterocycles. The summed E-state index contributed by atoms with van der Waals surface area (Å²) in [6.45, 7) is 0.134. The SMILES string of the molecule is NCC(O)Cc1cccc([N+](=O)[O-])c1Br. The van der Waals surface area contributed by atoms with Crippen LogP contribution in [0.4, 0.5) is 5.69 Å². The van der Waals surface area contributed by atoms with Crippen LogP contribution in [0.25, 0.3) is 0 Å². The Labute approximate surface area is 95.2 Å². The summed E-state index contributed by atoms with van der Waals surface area (Å²) in [5.41, 5.74) is 5.95. The molecule has 15 heavy (non-hydrogen) atoms. The average Bonchev–Trinajstić information content (AvgIpc) is 2.20. The predicted octanol–water partition coefficient (Wildman–Crippen LogP) is 1.22. The van der Waals surface area contributed by atoms with Crippen molar-refractivity contribution in [1.29, 1.82) is 0 Å². The lowest BCUT2D eigenvalue weighted by atomic mass is 10.1. The van der Waals surface area contributed by atoms with E-state index in [0.29, 0.717) is 16.5 Å². The zero-order valence-electron chi connectivity index (χ0n) is 7.89. The molecule has 82 valence electrons. The highest BCUT2D eigenvalue weighted by molar-refractivity contribution is 9.10. The van der Waals surface area contributed by atoms with E-state index in [1.165, 1.54) is 6.07 Å². The molecule has 3 N–H and O–H groups in total. The molecule has 0 aromatic heterocycles. The predicted molar refractivity (Wildman–Crippen MR) is 59.6 cm³/mol. The van der Waals surface area contributed by atoms with E-state index in [1.54, 1.807) is 12.1 Å². The molecule has 0 bridgehead atoms. The van der Waals surface area contributed by atoms with Crippen LogP contribution in [0, 0.1) is 10.1 Å². The smallest absolute Gasteiger partial charge is 0.283 e. The van der Waals surface area contributed by atoms with Crippen molar-refractivity contribution in [3.05, 3.63) is 38.3 Å². The summed E-state index contributed by atoms with van der Waals surface area (Å²) < 4.78 is 0.405. The summed E-state index contributed by atoms with van der Waals surface area (Å²) in [6.07, 6.45) is -0.373. The van der Waals surface area contributed by atoms with Gasteiger partial charge in [-0.2, -0.15) is 0 Å². The number of nitro groups is 1. The molecular formula is C9H11BrN2O3. The molecule has 1 unspecified atom stereocenters. The molecule has 0 saturated carbocycles. The first-order valence-electron chi connectivity index (χ1n) is 4.36. The van der Waals surface area contributed by atoms with Crippen LogP contribution in [0.5, 0.6) is 0 Å². The van der Waals surface area contributed by atoms with Gasteiger partial charge in [0.05, 0.1) is 15.5 Å². The van der Waals surface area contributed by atoms with Gasteiger partial charge in [-0.15, -0.1) is 0 Å². The molecule has 1 aromatic rings. The first kappa shape index (κ1) is 12.1. The Kier molecular flexibility index (Phi) is 4.19. The van der Waals surface area contributed by atoms with Gasteiger partial charge in [0, 0.05) is 19.0 Å². The Morgan fingerprint density at radius 1 is 1.60 bits per heavy atom. The number of aliphatic hydroxyl groups is 1. The minimum absolute atomic E-state index is 0.00304. The van der Waals surface area contributed by atoms with Crippen LogP contribution in [-0.4, -0.2) is 22.7 Å². The largest absolute Gasteiger partial charge is 0.391 e. The lowest BCUT2D eigenvalue weighted by Gasteiger charge is -2.09. The number of halogens is 1. The van der Waals surface area contributed by atoms with Crippen LogP contribution in [0.3, 0.4) is 0 Å². The van der Waals surface area contributed by atoms with Gasteiger partial charge in [-0.05, 0) is 21.5 Å². The van der Waals surface area contributed by atoms with Crippen molar-refractivity contribution in [3.8, 4) is 0 Å². The normalized spacial score (nSPS) is 12.5. The minimum Gasteiger partial charge on any atom is -0.391 e. The van der Waals surface area contributed by atoms with Crippen molar-refractivity contribution in [3.63, 3.8) is 0 Å². The standard InChI is InChI=1S/C9H11BrN2O3/c10-9-6(4-7(13)5-11)2-1-3-8(9)12(14)15/h1-3,7,13H,4-5,11H2. The third-order valence-corrected chi connectivity index (χ3v) is 2.90. The molecule has 0 aliphatic rings. The van der Waals surface area contributed by atoms with Crippen LogP contribution in [-0.2, 0) is 6.42 Å². The number of hydrogen-bond donors (Lipinski definition) is 2. The number of nitrogens with two attached hydrogens (primary N) is 1. The zero-order chi connectivity index (χ0) is 11.4. The Morgan fingerprint density at radius 3 is 2.80 bits per heavy atom. The number of rotatable bonds is 4. The van der Waals surface area contributed by atoms with E-state index in [9.17, 15) is 15.2 Å². The second-order valence-corrected chi connectivity index (χ2v) is 3.89. The zero-order valence-corrected chi connectivity index (χ0v) is 9.48. The van der Waals surface area contributed by atoms with Gasteiger partial charge in [-0.1, -0.05) is 12.1 Å². The molecule has 1 rings (SSSR count). The maximum absolute atomic E-state index is 10.6. The molecule has 0 heterocycles. The molecule has 0 spiro atoms. The summed E-state index contributed by atoms with van der Waals surface area (Å²) in [6, 6.07) is 4.71. The molecule has 5 nitrogen and oxygen atoms in total. The van der Waals surface area contributed by atoms with Gasteiger partial charge in [0.2, 0.25) is 0 Å². The van der Waals surface area contributed by atoms with Crippen molar-refractivity contribution in [2.75, 3.05) is 6.54 Å². The van der Waals surface area contributed by atoms with Crippen LogP contribution < -0.4 is 5.73 Å². The monoisotopic (exact) mass is 274 g/mol. The average molecular weight is 275 g/mol. The summed E-state index contributed by atoms with van der Waals surface area (Å²) in [5.74, 6) is 0. The third kappa shape index (κ3) is 2.98. The fraction of sp³-hybridized carbons (Fsp3) is 0.333. The number of aliphatic hydroxyl groups excluding tert-OH is 1. The second-order valence-electron chi connectivity index (χ2n) is 3.10. The Bertz CT molecular complexity index is 370. The van der Waals surface area contributed by atoms with E-state index >= 15 is 0 Å². The molecular weight excluding hydrogens is 264 g/mol. The number of nitrogens with zero attached hydrogens (tertiary/aromatic N) is 1. The Balaban J connectivity index is 2.99. The molecule has 0 saturated heterocycles. The number of nitro benzene ring substituents is 1. The van der Waals surface area contributed by atoms with Crippen molar-refractivity contribution < 1.29 is 10.0 Å². The summed E-state index contributed by atoms with van der Waals surface area (Å²) in [5, 5.41) is 20.0. The fourth-order valence-corrected chi connectivity index (χ4v) is 1.77. The van der Waals surface area contributed by atoms with E-state index in [1.807, 2.05) is 0 Å². The highest BCUT2D eigenvalue weighted by atomic mass is 79.9. The van der Waals surface area contributed by atoms with Crippen molar-refractivity contribution >= 4 is 21.6 Å². The lowest BCUT2D eigenvalue weighted by Crippen LogP contribution is -2.22. The van der Waals surface area contributed by atoms with E-state index in [-0.39, 0.29) is 12.2 Å². The van der Waals surface area contributed by atoms with E-state index in [2.05, 4.69) is 15.9 Å². The molecule has 0 aliphatic carbocycles. The lowest BCUT2D eigenvalue weighted by molar-refractivity contribution is -0.385. The van der Waals surface area contributed by atoms with Crippen LogP contribution >= 0.6 is 15.9 Å². The molecule has 1 aromatic carbocycles. The van der Waals surface area contributed by atoms with Crippen LogP contribution in [0.1, 0.15) is 5.56 Å². The highest BCUT2D eigenvalue weighted by Crippen LogP contribution is 2.28. The summed E-state index contributed by atoms with van der Waals surface area (Å²) in [4.78, 5) is 10.1. The third-order valence-electron chi connectivity index (χ3n) is 1.98. The maximum atomic E-state index is 10.6. The molecule has 0 fully saturated rings. The quantitative estimate of drug-likeness (QED) is 0.638. The van der Waals surface area contributed by atoms with Gasteiger partial charge in [-0.3, -0.25) is 10.1 Å². The topological polar surface area (TPSA) is 89.4 Å². The Morgan fingerprint density at radius 2 is 2.27 bits per heavy atom. The summed E-state index contributed by atoms with van der Waals surface area (Å²) in [7, 11) is 0.